The highest BCUT2D eigenvalue weighted by molar-refractivity contribution is 7.86. The Labute approximate surface area is 271 Å². The van der Waals surface area contributed by atoms with Gasteiger partial charge in [0.2, 0.25) is 0 Å². The number of aromatic hydroxyl groups is 2. The van der Waals surface area contributed by atoms with Gasteiger partial charge < -0.3 is 20.7 Å². The summed E-state index contributed by atoms with van der Waals surface area (Å²) in [5, 5.41) is 37.4. The van der Waals surface area contributed by atoms with Gasteiger partial charge in [-0.1, -0.05) is 6.07 Å². The maximum absolute atomic E-state index is 12.1. The molecule has 0 amide bonds. The number of nitrogens with zero attached hydrogens (tertiary/aromatic N) is 4. The SMILES string of the molecule is COc1cc(N=Nc2cc(S(=O)(=O)O)cc3cc(S(=O)(=O)O)cc(O)c23)c(C)cc1N=Nc1c(S(=O)(=O)O)cc2ccc(N)cc2c1O. The standard InChI is InChI=1S/C28H23N5O12S3/c1-13-5-21(31-33-27-25(48(42,43)44)8-14-3-4-16(29)9-19(14)28(27)35)24(45-2)12-20(13)30-32-22-10-17(46(36,37)38)6-15-7-18(47(39,40)41)11-23(34)26(15)22/h3-12,34-35H,29H2,1-2H3,(H,36,37,38)(H,39,40,41)(H,42,43,44). The van der Waals surface area contributed by atoms with E-state index < -0.39 is 62.2 Å². The number of nitrogen functional groups attached to an aromatic ring is 1. The van der Waals surface area contributed by atoms with Gasteiger partial charge in [0, 0.05) is 23.2 Å². The van der Waals surface area contributed by atoms with Gasteiger partial charge in [-0.05, 0) is 65.7 Å². The van der Waals surface area contributed by atoms with Gasteiger partial charge in [0.1, 0.15) is 27.8 Å². The first-order valence-corrected chi connectivity index (χ1v) is 17.4. The van der Waals surface area contributed by atoms with E-state index in [0.717, 1.165) is 24.3 Å². The molecule has 0 saturated carbocycles. The first kappa shape index (κ1) is 34.1. The fourth-order valence-corrected chi connectivity index (χ4v) is 6.40. The smallest absolute Gasteiger partial charge is 0.296 e. The molecule has 0 heterocycles. The van der Waals surface area contributed by atoms with Crippen LogP contribution in [0, 0.1) is 6.92 Å². The van der Waals surface area contributed by atoms with Gasteiger partial charge in [-0.3, -0.25) is 13.7 Å². The molecule has 0 unspecified atom stereocenters. The number of benzene rings is 5. The lowest BCUT2D eigenvalue weighted by Crippen LogP contribution is -2.00. The molecule has 0 aliphatic rings. The number of azo groups is 2. The maximum Gasteiger partial charge on any atom is 0.296 e. The summed E-state index contributed by atoms with van der Waals surface area (Å²) in [5.74, 6) is -1.32. The van der Waals surface area contributed by atoms with Crippen molar-refractivity contribution in [1.82, 2.24) is 0 Å². The Bertz CT molecular complexity index is 2570. The lowest BCUT2D eigenvalue weighted by atomic mass is 10.1. The molecule has 0 aromatic heterocycles. The topological polar surface area (TPSA) is 288 Å². The zero-order valence-corrected chi connectivity index (χ0v) is 26.9. The minimum Gasteiger partial charge on any atom is -0.507 e. The third-order valence-electron chi connectivity index (χ3n) is 6.93. The minimum atomic E-state index is -4.88. The van der Waals surface area contributed by atoms with Gasteiger partial charge in [-0.15, -0.1) is 15.3 Å². The van der Waals surface area contributed by atoms with E-state index in [-0.39, 0.29) is 50.0 Å². The van der Waals surface area contributed by atoms with Crippen molar-refractivity contribution < 1.29 is 53.9 Å². The predicted octanol–water partition coefficient (Wildman–Crippen LogP) is 5.87. The summed E-state index contributed by atoms with van der Waals surface area (Å²) < 4.78 is 106. The van der Waals surface area contributed by atoms with Crippen LogP contribution in [0.15, 0.2) is 95.8 Å². The van der Waals surface area contributed by atoms with Crippen LogP contribution >= 0.6 is 0 Å². The Kier molecular flexibility index (Phi) is 8.58. The Morgan fingerprint density at radius 1 is 0.667 bits per heavy atom. The Morgan fingerprint density at radius 3 is 1.88 bits per heavy atom. The molecular weight excluding hydrogens is 695 g/mol. The molecule has 0 saturated heterocycles. The van der Waals surface area contributed by atoms with Crippen LogP contribution in [0.5, 0.6) is 17.2 Å². The lowest BCUT2D eigenvalue weighted by molar-refractivity contribution is 0.416. The number of aryl methyl sites for hydroxylation is 1. The van der Waals surface area contributed by atoms with Gasteiger partial charge in [0.15, 0.2) is 5.75 Å². The number of fused-ring (bicyclic) bond motifs is 2. The first-order valence-electron chi connectivity index (χ1n) is 13.1. The van der Waals surface area contributed by atoms with Crippen LogP contribution in [0.25, 0.3) is 21.5 Å². The van der Waals surface area contributed by atoms with Crippen LogP contribution in [-0.2, 0) is 30.4 Å². The number of phenolic OH excluding ortho intramolecular Hbond substituents is 2. The van der Waals surface area contributed by atoms with Crippen LogP contribution in [0.3, 0.4) is 0 Å². The van der Waals surface area contributed by atoms with Crippen molar-refractivity contribution in [3.05, 3.63) is 66.2 Å². The van der Waals surface area contributed by atoms with Gasteiger partial charge in [0.25, 0.3) is 30.4 Å². The van der Waals surface area contributed by atoms with Crippen molar-refractivity contribution >= 4 is 80.3 Å². The number of hydrogen-bond donors (Lipinski definition) is 6. The van der Waals surface area contributed by atoms with Crippen molar-refractivity contribution in [1.29, 1.82) is 0 Å². The zero-order chi connectivity index (χ0) is 35.3. The van der Waals surface area contributed by atoms with Crippen molar-refractivity contribution in [3.8, 4) is 17.2 Å². The first-order chi connectivity index (χ1) is 22.3. The molecule has 5 aromatic carbocycles. The van der Waals surface area contributed by atoms with E-state index in [9.17, 15) is 49.1 Å². The van der Waals surface area contributed by atoms with Crippen molar-refractivity contribution in [2.24, 2.45) is 20.5 Å². The Hall–Kier alpha value is -5.25. The van der Waals surface area contributed by atoms with Crippen LogP contribution in [0.4, 0.5) is 28.4 Å². The molecule has 0 fully saturated rings. The van der Waals surface area contributed by atoms with Gasteiger partial charge in [-0.25, -0.2) is 0 Å². The summed E-state index contributed by atoms with van der Waals surface area (Å²) in [5.41, 5.74) is 5.63. The average molecular weight is 718 g/mol. The molecule has 0 aliphatic heterocycles. The summed E-state index contributed by atoms with van der Waals surface area (Å²) in [6.45, 7) is 1.55. The molecule has 7 N–H and O–H groups in total. The third-order valence-corrected chi connectivity index (χ3v) is 9.46. The summed E-state index contributed by atoms with van der Waals surface area (Å²) in [6.07, 6.45) is 0. The molecule has 0 aliphatic carbocycles. The van der Waals surface area contributed by atoms with E-state index in [4.69, 9.17) is 10.5 Å². The number of phenols is 2. The fourth-order valence-electron chi connectivity index (χ4n) is 4.67. The second-order valence-corrected chi connectivity index (χ2v) is 14.4. The highest BCUT2D eigenvalue weighted by Gasteiger charge is 2.23. The Morgan fingerprint density at radius 2 is 1.27 bits per heavy atom. The highest BCUT2D eigenvalue weighted by atomic mass is 32.2. The van der Waals surface area contributed by atoms with E-state index in [1.54, 1.807) is 6.92 Å². The normalized spacial score (nSPS) is 12.9. The van der Waals surface area contributed by atoms with Crippen LogP contribution in [0.1, 0.15) is 5.56 Å². The number of rotatable bonds is 8. The van der Waals surface area contributed by atoms with Crippen LogP contribution in [0.2, 0.25) is 0 Å². The summed E-state index contributed by atoms with van der Waals surface area (Å²) in [7, 11) is -13.3. The monoisotopic (exact) mass is 717 g/mol. The average Bonchev–Trinajstić information content (AvgIpc) is 2.98. The summed E-state index contributed by atoms with van der Waals surface area (Å²) in [4.78, 5) is -2.20. The van der Waals surface area contributed by atoms with Crippen molar-refractivity contribution in [2.45, 2.75) is 21.6 Å². The van der Waals surface area contributed by atoms with E-state index >= 15 is 0 Å². The molecule has 48 heavy (non-hydrogen) atoms. The minimum absolute atomic E-state index is 0.00779. The fraction of sp³-hybridized carbons (Fsp3) is 0.0714. The molecular formula is C28H23N5O12S3. The molecule has 20 heteroatoms. The van der Waals surface area contributed by atoms with E-state index in [1.165, 1.54) is 37.4 Å². The number of methoxy groups -OCH3 is 1. The van der Waals surface area contributed by atoms with E-state index in [2.05, 4.69) is 20.5 Å². The summed E-state index contributed by atoms with van der Waals surface area (Å²) in [6, 6.07) is 11.4. The zero-order valence-electron chi connectivity index (χ0n) is 24.5. The molecule has 0 radical (unpaired) electrons. The van der Waals surface area contributed by atoms with Crippen molar-refractivity contribution in [3.63, 3.8) is 0 Å². The summed E-state index contributed by atoms with van der Waals surface area (Å²) >= 11 is 0. The molecule has 17 nitrogen and oxygen atoms in total. The van der Waals surface area contributed by atoms with Crippen molar-refractivity contribution in [2.75, 3.05) is 12.8 Å². The van der Waals surface area contributed by atoms with Crippen LogP contribution < -0.4 is 10.5 Å². The largest absolute Gasteiger partial charge is 0.507 e. The van der Waals surface area contributed by atoms with Gasteiger partial charge in [0.05, 0.1) is 33.7 Å². The lowest BCUT2D eigenvalue weighted by Gasteiger charge is -2.11. The van der Waals surface area contributed by atoms with Crippen LogP contribution in [-0.4, -0.2) is 56.2 Å². The second-order valence-electron chi connectivity index (χ2n) is 10.2. The molecule has 0 spiro atoms. The van der Waals surface area contributed by atoms with E-state index in [1.807, 2.05) is 0 Å². The number of hydrogen-bond acceptors (Lipinski definition) is 14. The molecule has 5 rings (SSSR count). The van der Waals surface area contributed by atoms with Gasteiger partial charge >= 0.3 is 0 Å². The number of ether oxygens (including phenoxy) is 1. The van der Waals surface area contributed by atoms with Gasteiger partial charge in [-0.2, -0.15) is 30.4 Å². The number of nitrogens with two attached hydrogens (primary N) is 1. The molecule has 250 valence electrons. The number of anilines is 1. The predicted molar refractivity (Wildman–Crippen MR) is 171 cm³/mol. The maximum atomic E-state index is 12.1. The molecule has 0 bridgehead atoms. The molecule has 5 aromatic rings. The molecule has 0 atom stereocenters. The quantitative estimate of drug-likeness (QED) is 0.0622. The highest BCUT2D eigenvalue weighted by Crippen LogP contribution is 2.44. The second kappa shape index (κ2) is 12.1. The third kappa shape index (κ3) is 6.74. The van der Waals surface area contributed by atoms with E-state index in [0.29, 0.717) is 11.6 Å². The Balaban J connectivity index is 1.62.